The fourth-order valence-electron chi connectivity index (χ4n) is 1.52. The summed E-state index contributed by atoms with van der Waals surface area (Å²) >= 11 is 0. The molecule has 0 aliphatic heterocycles. The van der Waals surface area contributed by atoms with E-state index in [1.54, 1.807) is 0 Å². The first kappa shape index (κ1) is 12.0. The van der Waals surface area contributed by atoms with Gasteiger partial charge in [0.2, 0.25) is 5.95 Å². The van der Waals surface area contributed by atoms with Gasteiger partial charge in [-0.3, -0.25) is 0 Å². The number of nitrogens with one attached hydrogen (secondary N) is 1. The molecule has 0 saturated carbocycles. The quantitative estimate of drug-likeness (QED) is 0.806. The summed E-state index contributed by atoms with van der Waals surface area (Å²) < 4.78 is 0. The molecular formula is C12H21N3. The smallest absolute Gasteiger partial charge is 0.222 e. The largest absolute Gasteiger partial charge is 0.352 e. The average molecular weight is 207 g/mol. The fraction of sp³-hybridized carbons (Fsp3) is 0.667. The first-order chi connectivity index (χ1) is 7.11. The third-order valence-electron chi connectivity index (χ3n) is 2.61. The van der Waals surface area contributed by atoms with Crippen LogP contribution in [0.2, 0.25) is 0 Å². The van der Waals surface area contributed by atoms with Crippen LogP contribution < -0.4 is 5.32 Å². The minimum Gasteiger partial charge on any atom is -0.352 e. The Morgan fingerprint density at radius 2 is 1.87 bits per heavy atom. The number of anilines is 1. The van der Waals surface area contributed by atoms with Crippen molar-refractivity contribution in [1.29, 1.82) is 0 Å². The van der Waals surface area contributed by atoms with E-state index in [-0.39, 0.29) is 0 Å². The number of aryl methyl sites for hydroxylation is 1. The minimum atomic E-state index is 0.433. The van der Waals surface area contributed by atoms with Gasteiger partial charge in [-0.15, -0.1) is 0 Å². The normalized spacial score (nSPS) is 14.7. The standard InChI is InChI=1S/C12H21N3/c1-5-9(2)6-11(4)15-12-13-7-10(3)8-14-12/h7-9,11H,5-6H2,1-4H3,(H,13,14,15). The van der Waals surface area contributed by atoms with Crippen LogP contribution in [0.25, 0.3) is 0 Å². The molecule has 0 aliphatic rings. The third-order valence-corrected chi connectivity index (χ3v) is 2.61. The molecule has 15 heavy (non-hydrogen) atoms. The predicted octanol–water partition coefficient (Wildman–Crippen LogP) is 3.02. The molecule has 1 aromatic rings. The number of rotatable bonds is 5. The molecule has 84 valence electrons. The van der Waals surface area contributed by atoms with Crippen molar-refractivity contribution >= 4 is 5.95 Å². The lowest BCUT2D eigenvalue weighted by atomic mass is 10.0. The Kier molecular flexibility index (Phi) is 4.53. The molecule has 3 heteroatoms. The lowest BCUT2D eigenvalue weighted by molar-refractivity contribution is 0.482. The Morgan fingerprint density at radius 1 is 1.27 bits per heavy atom. The van der Waals surface area contributed by atoms with Crippen LogP contribution in [0, 0.1) is 12.8 Å². The molecule has 0 aliphatic carbocycles. The van der Waals surface area contributed by atoms with Crippen LogP contribution in [0.3, 0.4) is 0 Å². The second-order valence-electron chi connectivity index (χ2n) is 4.38. The van der Waals surface area contributed by atoms with E-state index < -0.39 is 0 Å². The maximum absolute atomic E-state index is 4.23. The van der Waals surface area contributed by atoms with Gasteiger partial charge in [0, 0.05) is 18.4 Å². The van der Waals surface area contributed by atoms with Crippen molar-refractivity contribution in [1.82, 2.24) is 9.97 Å². The van der Waals surface area contributed by atoms with E-state index in [9.17, 15) is 0 Å². The summed E-state index contributed by atoms with van der Waals surface area (Å²) in [5.41, 5.74) is 1.09. The van der Waals surface area contributed by atoms with E-state index in [1.165, 1.54) is 6.42 Å². The van der Waals surface area contributed by atoms with Crippen molar-refractivity contribution in [2.75, 3.05) is 5.32 Å². The van der Waals surface area contributed by atoms with Crippen LogP contribution in [0.15, 0.2) is 12.4 Å². The molecule has 0 fully saturated rings. The summed E-state index contributed by atoms with van der Waals surface area (Å²) in [6.45, 7) is 8.66. The molecule has 0 radical (unpaired) electrons. The predicted molar refractivity (Wildman–Crippen MR) is 63.9 cm³/mol. The van der Waals surface area contributed by atoms with Crippen molar-refractivity contribution < 1.29 is 0 Å². The molecule has 2 atom stereocenters. The van der Waals surface area contributed by atoms with Crippen molar-refractivity contribution in [3.8, 4) is 0 Å². The molecule has 0 bridgehead atoms. The van der Waals surface area contributed by atoms with Crippen LogP contribution in [0.1, 0.15) is 39.2 Å². The molecule has 0 saturated heterocycles. The Labute approximate surface area is 92.3 Å². The average Bonchev–Trinajstić information content (AvgIpc) is 2.21. The van der Waals surface area contributed by atoms with Crippen LogP contribution in [-0.2, 0) is 0 Å². The maximum atomic E-state index is 4.23. The summed E-state index contributed by atoms with van der Waals surface area (Å²) in [4.78, 5) is 8.46. The highest BCUT2D eigenvalue weighted by molar-refractivity contribution is 5.25. The number of hydrogen-bond acceptors (Lipinski definition) is 3. The summed E-state index contributed by atoms with van der Waals surface area (Å²) in [5, 5.41) is 3.31. The van der Waals surface area contributed by atoms with Crippen LogP contribution in [-0.4, -0.2) is 16.0 Å². The molecule has 3 nitrogen and oxygen atoms in total. The van der Waals surface area contributed by atoms with Gasteiger partial charge >= 0.3 is 0 Å². The van der Waals surface area contributed by atoms with Crippen LogP contribution >= 0.6 is 0 Å². The highest BCUT2D eigenvalue weighted by Crippen LogP contribution is 2.12. The highest BCUT2D eigenvalue weighted by atomic mass is 15.1. The molecule has 0 spiro atoms. The summed E-state index contributed by atoms with van der Waals surface area (Å²) in [6, 6.07) is 0.433. The Bertz CT molecular complexity index is 281. The first-order valence-electron chi connectivity index (χ1n) is 5.67. The summed E-state index contributed by atoms with van der Waals surface area (Å²) in [5.74, 6) is 1.48. The fourth-order valence-corrected chi connectivity index (χ4v) is 1.52. The lowest BCUT2D eigenvalue weighted by Gasteiger charge is -2.17. The third kappa shape index (κ3) is 4.28. The zero-order valence-corrected chi connectivity index (χ0v) is 10.1. The molecule has 1 aromatic heterocycles. The summed E-state index contributed by atoms with van der Waals surface area (Å²) in [7, 11) is 0. The monoisotopic (exact) mass is 207 g/mol. The minimum absolute atomic E-state index is 0.433. The van der Waals surface area contributed by atoms with E-state index >= 15 is 0 Å². The second-order valence-corrected chi connectivity index (χ2v) is 4.38. The van der Waals surface area contributed by atoms with E-state index in [0.717, 1.165) is 23.9 Å². The molecule has 2 unspecified atom stereocenters. The molecule has 1 heterocycles. The molecule has 0 aromatic carbocycles. The van der Waals surface area contributed by atoms with Gasteiger partial charge in [0.05, 0.1) is 0 Å². The van der Waals surface area contributed by atoms with Gasteiger partial charge in [0.25, 0.3) is 0 Å². The zero-order chi connectivity index (χ0) is 11.3. The second kappa shape index (κ2) is 5.69. The van der Waals surface area contributed by atoms with Crippen molar-refractivity contribution in [2.45, 2.75) is 46.6 Å². The number of nitrogens with zero attached hydrogens (tertiary/aromatic N) is 2. The molecule has 1 rings (SSSR count). The van der Waals surface area contributed by atoms with Gasteiger partial charge in [0.15, 0.2) is 0 Å². The number of aromatic nitrogens is 2. The topological polar surface area (TPSA) is 37.8 Å². The van der Waals surface area contributed by atoms with E-state index in [2.05, 4.69) is 36.1 Å². The highest BCUT2D eigenvalue weighted by Gasteiger charge is 2.07. The van der Waals surface area contributed by atoms with Gasteiger partial charge in [-0.2, -0.15) is 0 Å². The zero-order valence-electron chi connectivity index (χ0n) is 10.1. The van der Waals surface area contributed by atoms with E-state index in [1.807, 2.05) is 19.3 Å². The van der Waals surface area contributed by atoms with Crippen molar-refractivity contribution in [2.24, 2.45) is 5.92 Å². The first-order valence-corrected chi connectivity index (χ1v) is 5.67. The van der Waals surface area contributed by atoms with Crippen LogP contribution in [0.4, 0.5) is 5.95 Å². The molecular weight excluding hydrogens is 186 g/mol. The maximum Gasteiger partial charge on any atom is 0.222 e. The Hall–Kier alpha value is -1.12. The van der Waals surface area contributed by atoms with Crippen LogP contribution in [0.5, 0.6) is 0 Å². The van der Waals surface area contributed by atoms with Gasteiger partial charge in [-0.05, 0) is 31.7 Å². The van der Waals surface area contributed by atoms with Gasteiger partial charge in [-0.1, -0.05) is 20.3 Å². The van der Waals surface area contributed by atoms with Gasteiger partial charge in [0.1, 0.15) is 0 Å². The lowest BCUT2D eigenvalue weighted by Crippen LogP contribution is -2.19. The molecule has 0 amide bonds. The van der Waals surface area contributed by atoms with Crippen molar-refractivity contribution in [3.63, 3.8) is 0 Å². The van der Waals surface area contributed by atoms with Crippen molar-refractivity contribution in [3.05, 3.63) is 18.0 Å². The summed E-state index contributed by atoms with van der Waals surface area (Å²) in [6.07, 6.45) is 6.06. The van der Waals surface area contributed by atoms with E-state index in [0.29, 0.717) is 6.04 Å². The Balaban J connectivity index is 2.44. The van der Waals surface area contributed by atoms with Gasteiger partial charge in [-0.25, -0.2) is 9.97 Å². The number of hydrogen-bond donors (Lipinski definition) is 1. The van der Waals surface area contributed by atoms with E-state index in [4.69, 9.17) is 0 Å². The Morgan fingerprint density at radius 3 is 2.40 bits per heavy atom. The van der Waals surface area contributed by atoms with Gasteiger partial charge < -0.3 is 5.32 Å². The molecule has 1 N–H and O–H groups in total. The SMILES string of the molecule is CCC(C)CC(C)Nc1ncc(C)cn1.